The summed E-state index contributed by atoms with van der Waals surface area (Å²) in [5, 5.41) is 1.59. The van der Waals surface area contributed by atoms with Gasteiger partial charge >= 0.3 is 0 Å². The molecule has 0 bridgehead atoms. The Hall–Kier alpha value is -1.91. The Morgan fingerprint density at radius 3 is 2.75 bits per heavy atom. The van der Waals surface area contributed by atoms with Crippen LogP contribution in [0, 0.1) is 0 Å². The number of thiophene rings is 1. The van der Waals surface area contributed by atoms with E-state index in [0.29, 0.717) is 0 Å². The number of hydrogen-bond acceptors (Lipinski definition) is 6. The van der Waals surface area contributed by atoms with E-state index in [1.807, 2.05) is 24.3 Å². The van der Waals surface area contributed by atoms with Crippen molar-refractivity contribution in [2.75, 3.05) is 59.3 Å². The summed E-state index contributed by atoms with van der Waals surface area (Å²) in [5.41, 5.74) is 2.10. The molecule has 4 heterocycles. The van der Waals surface area contributed by atoms with Crippen LogP contribution >= 0.6 is 23.1 Å². The number of rotatable bonds is 6. The molecule has 0 saturated carbocycles. The number of benzene rings is 1. The Labute approximate surface area is 195 Å². The monoisotopic (exact) mass is 474 g/mol. The minimum atomic E-state index is 0.0541. The summed E-state index contributed by atoms with van der Waals surface area (Å²) in [6.07, 6.45) is 0.938. The van der Waals surface area contributed by atoms with E-state index in [1.54, 1.807) is 39.7 Å². The summed E-state index contributed by atoms with van der Waals surface area (Å²) in [4.78, 5) is 24.1. The Bertz CT molecular complexity index is 1150. The fraction of sp³-hybridized carbons (Fsp3) is 0.478. The van der Waals surface area contributed by atoms with Gasteiger partial charge in [0.15, 0.2) is 5.16 Å². The Balaban J connectivity index is 1.54. The van der Waals surface area contributed by atoms with E-state index in [2.05, 4.69) is 7.05 Å². The minimum absolute atomic E-state index is 0.0541. The smallest absolute Gasteiger partial charge is 0.267 e. The lowest BCUT2D eigenvalue weighted by Crippen LogP contribution is -3.14. The van der Waals surface area contributed by atoms with Crippen LogP contribution < -0.4 is 20.1 Å². The minimum Gasteiger partial charge on any atom is -0.497 e. The zero-order chi connectivity index (χ0) is 22.1. The molecule has 2 aromatic heterocycles. The van der Waals surface area contributed by atoms with Crippen molar-refractivity contribution < 1.29 is 19.3 Å². The van der Waals surface area contributed by atoms with Crippen LogP contribution in [-0.2, 0) is 17.7 Å². The maximum absolute atomic E-state index is 13.8. The van der Waals surface area contributed by atoms with Gasteiger partial charge in [0.2, 0.25) is 0 Å². The molecule has 1 saturated heterocycles. The molecular formula is C23H30N4O3S2+2. The number of fused-ring (bicyclic) bond motifs is 3. The molecule has 9 heteroatoms. The average Bonchev–Trinajstić information content (AvgIpc) is 3.17. The molecule has 2 aliphatic rings. The van der Waals surface area contributed by atoms with E-state index in [-0.39, 0.29) is 5.56 Å². The van der Waals surface area contributed by atoms with E-state index in [1.165, 1.54) is 15.3 Å². The van der Waals surface area contributed by atoms with Crippen LogP contribution in [0.3, 0.4) is 0 Å². The van der Waals surface area contributed by atoms with E-state index in [0.717, 1.165) is 84.9 Å². The van der Waals surface area contributed by atoms with Crippen molar-refractivity contribution in [2.24, 2.45) is 0 Å². The fourth-order valence-electron chi connectivity index (χ4n) is 4.49. The van der Waals surface area contributed by atoms with Gasteiger partial charge in [-0.15, -0.1) is 11.3 Å². The van der Waals surface area contributed by atoms with Crippen molar-refractivity contribution in [2.45, 2.75) is 18.1 Å². The number of nitrogens with one attached hydrogen (secondary N) is 2. The Kier molecular flexibility index (Phi) is 6.52. The second kappa shape index (κ2) is 9.52. The lowest BCUT2D eigenvalue weighted by molar-refractivity contribution is -0.905. The van der Waals surface area contributed by atoms with E-state index < -0.39 is 0 Å². The fourth-order valence-corrected chi connectivity index (χ4v) is 6.92. The number of aromatic nitrogens is 2. The molecule has 2 aliphatic heterocycles. The van der Waals surface area contributed by atoms with Crippen LogP contribution in [0.2, 0.25) is 0 Å². The maximum Gasteiger partial charge on any atom is 0.267 e. The normalized spacial score (nSPS) is 19.2. The van der Waals surface area contributed by atoms with Crippen LogP contribution in [-0.4, -0.2) is 68.9 Å². The van der Waals surface area contributed by atoms with Crippen molar-refractivity contribution >= 4 is 33.3 Å². The molecular weight excluding hydrogens is 444 g/mol. The number of morpholine rings is 1. The predicted molar refractivity (Wildman–Crippen MR) is 128 cm³/mol. The lowest BCUT2D eigenvalue weighted by atomic mass is 10.1. The van der Waals surface area contributed by atoms with Crippen LogP contribution in [0.5, 0.6) is 5.75 Å². The number of nitrogens with zero attached hydrogens (tertiary/aromatic N) is 2. The highest BCUT2D eigenvalue weighted by Gasteiger charge is 2.26. The molecule has 1 fully saturated rings. The summed E-state index contributed by atoms with van der Waals surface area (Å²) in [6.45, 7) is 6.83. The molecule has 3 aromatic rings. The predicted octanol–water partition coefficient (Wildman–Crippen LogP) is 0.0338. The zero-order valence-electron chi connectivity index (χ0n) is 18.6. The molecule has 0 aliphatic carbocycles. The summed E-state index contributed by atoms with van der Waals surface area (Å²) < 4.78 is 12.6. The van der Waals surface area contributed by atoms with E-state index in [4.69, 9.17) is 14.5 Å². The van der Waals surface area contributed by atoms with Gasteiger partial charge in [0.05, 0.1) is 62.2 Å². The van der Waals surface area contributed by atoms with Gasteiger partial charge in [-0.3, -0.25) is 9.36 Å². The highest BCUT2D eigenvalue weighted by atomic mass is 32.2. The summed E-state index contributed by atoms with van der Waals surface area (Å²) >= 11 is 3.38. The molecule has 1 atom stereocenters. The molecule has 5 rings (SSSR count). The number of ether oxygens (including phenoxy) is 2. The molecule has 1 unspecified atom stereocenters. The van der Waals surface area contributed by atoms with E-state index >= 15 is 0 Å². The largest absolute Gasteiger partial charge is 0.497 e. The van der Waals surface area contributed by atoms with Gasteiger partial charge in [-0.2, -0.15) is 0 Å². The van der Waals surface area contributed by atoms with Crippen LogP contribution in [0.25, 0.3) is 15.9 Å². The first kappa shape index (κ1) is 21.9. The highest BCUT2D eigenvalue weighted by molar-refractivity contribution is 7.99. The highest BCUT2D eigenvalue weighted by Crippen LogP contribution is 2.31. The third kappa shape index (κ3) is 4.32. The van der Waals surface area contributed by atoms with Crippen molar-refractivity contribution in [1.82, 2.24) is 9.55 Å². The number of thioether (sulfide) groups is 1. The lowest BCUT2D eigenvalue weighted by Gasteiger charge is -2.23. The standard InChI is InChI=1S/C23H28N4O3S2/c1-25-8-7-18-19(15-25)32-21-20(18)22(28)27(16-3-5-17(29-2)6-4-16)23(24-21)31-14-11-26-9-12-30-13-10-26/h3-6H,7-15H2,1-2H3/p+2. The Morgan fingerprint density at radius 2 is 2.00 bits per heavy atom. The topological polar surface area (TPSA) is 62.2 Å². The first-order chi connectivity index (χ1) is 15.6. The van der Waals surface area contributed by atoms with Gasteiger partial charge in [-0.25, -0.2) is 4.98 Å². The number of methoxy groups -OCH3 is 1. The van der Waals surface area contributed by atoms with Gasteiger partial charge in [-0.1, -0.05) is 11.8 Å². The number of likely N-dealkylation sites (N-methyl/N-ethyl adjacent to an activating group) is 1. The van der Waals surface area contributed by atoms with Gasteiger partial charge in [0, 0.05) is 6.42 Å². The van der Waals surface area contributed by atoms with Gasteiger partial charge in [-0.05, 0) is 29.8 Å². The molecule has 170 valence electrons. The van der Waals surface area contributed by atoms with Gasteiger partial charge in [0.1, 0.15) is 30.2 Å². The molecule has 0 radical (unpaired) electrons. The van der Waals surface area contributed by atoms with Crippen LogP contribution in [0.1, 0.15) is 10.4 Å². The van der Waals surface area contributed by atoms with Crippen molar-refractivity contribution in [1.29, 1.82) is 0 Å². The molecule has 2 N–H and O–H groups in total. The van der Waals surface area contributed by atoms with E-state index in [9.17, 15) is 4.79 Å². The summed E-state index contributed by atoms with van der Waals surface area (Å²) in [5.74, 6) is 1.70. The van der Waals surface area contributed by atoms with Crippen LogP contribution in [0.4, 0.5) is 0 Å². The van der Waals surface area contributed by atoms with Gasteiger partial charge < -0.3 is 19.3 Å². The molecule has 32 heavy (non-hydrogen) atoms. The molecule has 1 aromatic carbocycles. The summed E-state index contributed by atoms with van der Waals surface area (Å²) in [6, 6.07) is 7.70. The average molecular weight is 475 g/mol. The quantitative estimate of drug-likeness (QED) is 0.390. The third-order valence-corrected chi connectivity index (χ3v) is 8.43. The number of quaternary nitrogens is 2. The first-order valence-corrected chi connectivity index (χ1v) is 13.0. The molecule has 7 nitrogen and oxygen atoms in total. The Morgan fingerprint density at radius 1 is 1.22 bits per heavy atom. The number of hydrogen-bond donors (Lipinski definition) is 2. The van der Waals surface area contributed by atoms with Crippen molar-refractivity contribution in [3.05, 3.63) is 45.1 Å². The first-order valence-electron chi connectivity index (χ1n) is 11.2. The SMILES string of the molecule is COc1ccc(-n2c(SCC[NH+]3CCOCC3)nc3sc4c(c3c2=O)CC[NH+](C)C4)cc1. The van der Waals surface area contributed by atoms with Gasteiger partial charge in [0.25, 0.3) is 5.56 Å². The van der Waals surface area contributed by atoms with Crippen LogP contribution in [0.15, 0.2) is 34.2 Å². The van der Waals surface area contributed by atoms with Crippen molar-refractivity contribution in [3.8, 4) is 11.4 Å². The molecule has 0 spiro atoms. The zero-order valence-corrected chi connectivity index (χ0v) is 20.2. The second-order valence-corrected chi connectivity index (χ2v) is 10.7. The third-order valence-electron chi connectivity index (χ3n) is 6.36. The van der Waals surface area contributed by atoms with Crippen molar-refractivity contribution in [3.63, 3.8) is 0 Å². The summed E-state index contributed by atoms with van der Waals surface area (Å²) in [7, 11) is 3.87. The molecule has 0 amide bonds. The maximum atomic E-state index is 13.8. The second-order valence-electron chi connectivity index (χ2n) is 8.51.